The fraction of sp³-hybridized carbons (Fsp3) is 0.500. The van der Waals surface area contributed by atoms with E-state index in [0.717, 1.165) is 29.2 Å². The quantitative estimate of drug-likeness (QED) is 0.815. The lowest BCUT2D eigenvalue weighted by Crippen LogP contribution is -2.26. The van der Waals surface area contributed by atoms with Crippen LogP contribution >= 0.6 is 11.3 Å². The van der Waals surface area contributed by atoms with Crippen LogP contribution in [0.2, 0.25) is 0 Å². The summed E-state index contributed by atoms with van der Waals surface area (Å²) in [7, 11) is 0. The largest absolute Gasteiger partial charge is 0.378 e. The van der Waals surface area contributed by atoms with Crippen LogP contribution in [0.4, 0.5) is 0 Å². The van der Waals surface area contributed by atoms with Gasteiger partial charge in [0.1, 0.15) is 0 Å². The molecule has 0 spiro atoms. The predicted octanol–water partition coefficient (Wildman–Crippen LogP) is 1.24. The Bertz CT molecular complexity index is 481. The van der Waals surface area contributed by atoms with Crippen molar-refractivity contribution >= 4 is 17.2 Å². The molecular formula is C14H18N2O2S. The molecule has 1 aromatic heterocycles. The molecule has 1 atom stereocenters. The van der Waals surface area contributed by atoms with Crippen molar-refractivity contribution in [1.29, 1.82) is 0 Å². The molecule has 0 aliphatic carbocycles. The molecule has 2 rings (SSSR count). The lowest BCUT2D eigenvalue weighted by molar-refractivity contribution is -0.123. The maximum atomic E-state index is 11.7. The number of nitrogens with two attached hydrogens (primary N) is 1. The molecule has 1 aromatic rings. The molecule has 1 unspecified atom stereocenters. The van der Waals surface area contributed by atoms with E-state index >= 15 is 0 Å². The number of thiophene rings is 1. The van der Waals surface area contributed by atoms with Crippen molar-refractivity contribution < 1.29 is 9.53 Å². The smallest absolute Gasteiger partial charge is 0.222 e. The van der Waals surface area contributed by atoms with Gasteiger partial charge in [-0.25, -0.2) is 0 Å². The monoisotopic (exact) mass is 278 g/mol. The first kappa shape index (κ1) is 14.1. The fourth-order valence-corrected chi connectivity index (χ4v) is 2.77. The van der Waals surface area contributed by atoms with E-state index in [2.05, 4.69) is 17.2 Å². The number of carbonyl (C=O) groups is 1. The van der Waals surface area contributed by atoms with Crippen molar-refractivity contribution in [2.75, 3.05) is 13.2 Å². The first-order valence-electron chi connectivity index (χ1n) is 6.44. The van der Waals surface area contributed by atoms with Crippen LogP contribution in [0.3, 0.4) is 0 Å². The van der Waals surface area contributed by atoms with Gasteiger partial charge in [-0.3, -0.25) is 4.79 Å². The molecule has 1 amide bonds. The first-order valence-corrected chi connectivity index (χ1v) is 7.25. The molecule has 1 fully saturated rings. The molecule has 5 heteroatoms. The average Bonchev–Trinajstić information content (AvgIpc) is 3.05. The van der Waals surface area contributed by atoms with Crippen LogP contribution in [-0.2, 0) is 16.1 Å². The summed E-state index contributed by atoms with van der Waals surface area (Å²) in [6, 6.07) is 3.94. The Labute approximate surface area is 117 Å². The summed E-state index contributed by atoms with van der Waals surface area (Å²) >= 11 is 1.58. The Balaban J connectivity index is 1.75. The van der Waals surface area contributed by atoms with Gasteiger partial charge in [0.2, 0.25) is 5.91 Å². The van der Waals surface area contributed by atoms with Gasteiger partial charge in [-0.2, -0.15) is 0 Å². The number of carbonyl (C=O) groups excluding carboxylic acids is 1. The highest BCUT2D eigenvalue weighted by molar-refractivity contribution is 7.12. The summed E-state index contributed by atoms with van der Waals surface area (Å²) in [6.07, 6.45) is 2.62. The van der Waals surface area contributed by atoms with Gasteiger partial charge in [0.05, 0.1) is 30.5 Å². The normalized spacial score (nSPS) is 17.8. The van der Waals surface area contributed by atoms with E-state index in [1.165, 1.54) is 0 Å². The number of amides is 1. The fourth-order valence-electron chi connectivity index (χ4n) is 1.95. The van der Waals surface area contributed by atoms with Crippen LogP contribution in [0.1, 0.15) is 29.0 Å². The molecule has 1 aliphatic heterocycles. The summed E-state index contributed by atoms with van der Waals surface area (Å²) in [5.41, 5.74) is 5.32. The molecule has 1 saturated heterocycles. The highest BCUT2D eigenvalue weighted by Crippen LogP contribution is 2.17. The molecule has 0 aromatic carbocycles. The third-order valence-corrected chi connectivity index (χ3v) is 3.87. The summed E-state index contributed by atoms with van der Waals surface area (Å²) in [5, 5.41) is 2.91. The van der Waals surface area contributed by atoms with Crippen LogP contribution in [0, 0.1) is 11.8 Å². The van der Waals surface area contributed by atoms with E-state index < -0.39 is 0 Å². The minimum absolute atomic E-state index is 0.0508. The number of hydrogen-bond donors (Lipinski definition) is 2. The lowest BCUT2D eigenvalue weighted by atomic mass is 10.2. The Kier molecular flexibility index (Phi) is 5.40. The van der Waals surface area contributed by atoms with E-state index in [1.807, 2.05) is 12.1 Å². The number of rotatable bonds is 4. The Morgan fingerprint density at radius 1 is 1.58 bits per heavy atom. The van der Waals surface area contributed by atoms with Crippen LogP contribution in [0.15, 0.2) is 12.1 Å². The molecule has 0 radical (unpaired) electrons. The molecule has 0 saturated carbocycles. The van der Waals surface area contributed by atoms with Crippen molar-refractivity contribution in [2.45, 2.75) is 31.9 Å². The summed E-state index contributed by atoms with van der Waals surface area (Å²) in [6.45, 7) is 1.71. The number of ether oxygens (including phenoxy) is 1. The zero-order chi connectivity index (χ0) is 13.5. The van der Waals surface area contributed by atoms with Gasteiger partial charge >= 0.3 is 0 Å². The third-order valence-electron chi connectivity index (χ3n) is 2.87. The topological polar surface area (TPSA) is 64.3 Å². The van der Waals surface area contributed by atoms with Gasteiger partial charge in [-0.1, -0.05) is 11.8 Å². The Morgan fingerprint density at radius 2 is 2.47 bits per heavy atom. The van der Waals surface area contributed by atoms with Gasteiger partial charge in [-0.05, 0) is 25.0 Å². The second-order valence-electron chi connectivity index (χ2n) is 4.39. The Hall–Kier alpha value is -1.35. The van der Waals surface area contributed by atoms with E-state index in [1.54, 1.807) is 11.3 Å². The van der Waals surface area contributed by atoms with Crippen molar-refractivity contribution in [1.82, 2.24) is 5.32 Å². The predicted molar refractivity (Wildman–Crippen MR) is 75.7 cm³/mol. The molecule has 1 aliphatic rings. The first-order chi connectivity index (χ1) is 9.28. The second-order valence-corrected chi connectivity index (χ2v) is 5.56. The van der Waals surface area contributed by atoms with Crippen molar-refractivity contribution in [3.8, 4) is 11.8 Å². The zero-order valence-corrected chi connectivity index (χ0v) is 11.6. The average molecular weight is 278 g/mol. The summed E-state index contributed by atoms with van der Waals surface area (Å²) in [5.74, 6) is 5.85. The zero-order valence-electron chi connectivity index (χ0n) is 10.8. The molecule has 3 N–H and O–H groups in total. The van der Waals surface area contributed by atoms with Gasteiger partial charge < -0.3 is 15.8 Å². The number of nitrogens with one attached hydrogen (secondary N) is 1. The van der Waals surface area contributed by atoms with E-state index in [-0.39, 0.29) is 12.0 Å². The van der Waals surface area contributed by atoms with Crippen LogP contribution in [-0.4, -0.2) is 25.2 Å². The summed E-state index contributed by atoms with van der Waals surface area (Å²) in [4.78, 5) is 13.8. The van der Waals surface area contributed by atoms with Gasteiger partial charge in [0.15, 0.2) is 0 Å². The van der Waals surface area contributed by atoms with E-state index in [9.17, 15) is 4.79 Å². The second kappa shape index (κ2) is 7.29. The maximum absolute atomic E-state index is 11.7. The number of hydrogen-bond acceptors (Lipinski definition) is 4. The van der Waals surface area contributed by atoms with E-state index in [4.69, 9.17) is 10.5 Å². The highest BCUT2D eigenvalue weighted by atomic mass is 32.1. The standard InChI is InChI=1S/C14H18N2O2S/c15-7-1-4-12-5-6-13(19-12)10-16-14(17)9-11-3-2-8-18-11/h5-6,11H,2-3,7-10,15H2,(H,16,17). The molecule has 102 valence electrons. The lowest BCUT2D eigenvalue weighted by Gasteiger charge is -2.08. The minimum atomic E-state index is 0.0508. The highest BCUT2D eigenvalue weighted by Gasteiger charge is 2.18. The van der Waals surface area contributed by atoms with Gasteiger partial charge in [0.25, 0.3) is 0 Å². The van der Waals surface area contributed by atoms with Crippen molar-refractivity contribution in [2.24, 2.45) is 5.73 Å². The molecular weight excluding hydrogens is 260 g/mol. The van der Waals surface area contributed by atoms with Gasteiger partial charge in [0, 0.05) is 11.5 Å². The van der Waals surface area contributed by atoms with Crippen molar-refractivity contribution in [3.63, 3.8) is 0 Å². The molecule has 0 bridgehead atoms. The van der Waals surface area contributed by atoms with Crippen LogP contribution < -0.4 is 11.1 Å². The van der Waals surface area contributed by atoms with E-state index in [0.29, 0.717) is 19.5 Å². The van der Waals surface area contributed by atoms with Gasteiger partial charge in [-0.15, -0.1) is 11.3 Å². The van der Waals surface area contributed by atoms with Crippen LogP contribution in [0.5, 0.6) is 0 Å². The molecule has 4 nitrogen and oxygen atoms in total. The SMILES string of the molecule is NCC#Cc1ccc(CNC(=O)CC2CCCO2)s1. The third kappa shape index (κ3) is 4.67. The van der Waals surface area contributed by atoms with Crippen LogP contribution in [0.25, 0.3) is 0 Å². The van der Waals surface area contributed by atoms with Crippen molar-refractivity contribution in [3.05, 3.63) is 21.9 Å². The Morgan fingerprint density at radius 3 is 3.21 bits per heavy atom. The maximum Gasteiger partial charge on any atom is 0.222 e. The molecule has 19 heavy (non-hydrogen) atoms. The minimum Gasteiger partial charge on any atom is -0.378 e. The summed E-state index contributed by atoms with van der Waals surface area (Å²) < 4.78 is 5.44. The molecule has 2 heterocycles.